The van der Waals surface area contributed by atoms with Gasteiger partial charge in [0.1, 0.15) is 5.37 Å². The first kappa shape index (κ1) is 22.8. The van der Waals surface area contributed by atoms with Gasteiger partial charge >= 0.3 is 0 Å². The highest BCUT2D eigenvalue weighted by atomic mass is 35.5. The van der Waals surface area contributed by atoms with Crippen molar-refractivity contribution in [2.24, 2.45) is 0 Å². The minimum atomic E-state index is -0.118. The predicted molar refractivity (Wildman–Crippen MR) is 124 cm³/mol. The minimum Gasteiger partial charge on any atom is -0.493 e. The molecule has 0 spiro atoms. The number of rotatable bonds is 8. The fourth-order valence-electron chi connectivity index (χ4n) is 3.74. The van der Waals surface area contributed by atoms with Crippen LogP contribution in [-0.4, -0.2) is 56.3 Å². The normalized spacial score (nSPS) is 17.5. The average molecular weight is 449 g/mol. The van der Waals surface area contributed by atoms with E-state index in [1.165, 1.54) is 11.1 Å². The second-order valence-electron chi connectivity index (χ2n) is 7.52. The van der Waals surface area contributed by atoms with Gasteiger partial charge in [-0.1, -0.05) is 42.8 Å². The first-order valence-electron chi connectivity index (χ1n) is 9.97. The highest BCUT2D eigenvalue weighted by Gasteiger charge is 2.36. The number of ether oxygens (including phenoxy) is 2. The Labute approximate surface area is 188 Å². The lowest BCUT2D eigenvalue weighted by Gasteiger charge is -2.33. The van der Waals surface area contributed by atoms with Gasteiger partial charge in [-0.25, -0.2) is 0 Å². The number of methoxy groups -OCH3 is 2. The molecule has 0 aliphatic carbocycles. The van der Waals surface area contributed by atoms with Crippen molar-refractivity contribution < 1.29 is 14.3 Å². The second kappa shape index (κ2) is 9.94. The van der Waals surface area contributed by atoms with Crippen LogP contribution >= 0.6 is 23.4 Å². The molecule has 3 rings (SSSR count). The van der Waals surface area contributed by atoms with E-state index in [2.05, 4.69) is 36.1 Å². The van der Waals surface area contributed by atoms with Gasteiger partial charge in [-0.3, -0.25) is 4.79 Å². The fourth-order valence-corrected chi connectivity index (χ4v) is 5.21. The van der Waals surface area contributed by atoms with Crippen molar-refractivity contribution in [3.63, 3.8) is 0 Å². The van der Waals surface area contributed by atoms with Gasteiger partial charge in [0.2, 0.25) is 5.91 Å². The van der Waals surface area contributed by atoms with E-state index in [0.29, 0.717) is 28.8 Å². The average Bonchev–Trinajstić information content (AvgIpc) is 3.11. The van der Waals surface area contributed by atoms with Crippen molar-refractivity contribution in [2.45, 2.75) is 24.8 Å². The molecule has 2 aromatic carbocycles. The van der Waals surface area contributed by atoms with Gasteiger partial charge in [0.15, 0.2) is 11.5 Å². The number of hydrogen-bond donors (Lipinski definition) is 0. The highest BCUT2D eigenvalue weighted by Crippen LogP contribution is 2.45. The maximum atomic E-state index is 12.8. The van der Waals surface area contributed by atoms with Crippen molar-refractivity contribution >= 4 is 29.3 Å². The number of carbonyl (C=O) groups excluding carboxylic acids is 1. The van der Waals surface area contributed by atoms with E-state index < -0.39 is 0 Å². The summed E-state index contributed by atoms with van der Waals surface area (Å²) >= 11 is 8.04. The third-order valence-electron chi connectivity index (χ3n) is 5.47. The van der Waals surface area contributed by atoms with Crippen molar-refractivity contribution in [1.29, 1.82) is 0 Å². The number of likely N-dealkylation sites (N-methyl/N-ethyl adjacent to an activating group) is 1. The Balaban J connectivity index is 1.91. The monoisotopic (exact) mass is 448 g/mol. The summed E-state index contributed by atoms with van der Waals surface area (Å²) in [5.74, 6) is 1.66. The summed E-state index contributed by atoms with van der Waals surface area (Å²) in [7, 11) is 7.25. The van der Waals surface area contributed by atoms with E-state index in [1.54, 1.807) is 26.0 Å². The number of carbonyl (C=O) groups is 1. The Kier molecular flexibility index (Phi) is 7.55. The van der Waals surface area contributed by atoms with Crippen LogP contribution in [0.4, 0.5) is 0 Å². The van der Waals surface area contributed by atoms with E-state index in [0.717, 1.165) is 12.0 Å². The van der Waals surface area contributed by atoms with Crippen molar-refractivity contribution in [1.82, 2.24) is 9.80 Å². The van der Waals surface area contributed by atoms with Crippen molar-refractivity contribution in [3.05, 3.63) is 58.1 Å². The highest BCUT2D eigenvalue weighted by molar-refractivity contribution is 8.00. The summed E-state index contributed by atoms with van der Waals surface area (Å²) in [4.78, 5) is 16.9. The number of hydrogen-bond acceptors (Lipinski definition) is 5. The summed E-state index contributed by atoms with van der Waals surface area (Å²) in [6.07, 6.45) is 1.01. The maximum Gasteiger partial charge on any atom is 0.233 e. The predicted octanol–water partition coefficient (Wildman–Crippen LogP) is 4.80. The lowest BCUT2D eigenvalue weighted by Crippen LogP contribution is -2.37. The zero-order valence-electron chi connectivity index (χ0n) is 18.1. The molecule has 5 nitrogen and oxygen atoms in total. The Bertz CT molecular complexity index is 889. The zero-order chi connectivity index (χ0) is 21.8. The minimum absolute atomic E-state index is 0.0941. The summed E-state index contributed by atoms with van der Waals surface area (Å²) in [5.41, 5.74) is 3.44. The second-order valence-corrected chi connectivity index (χ2v) is 9.00. The van der Waals surface area contributed by atoms with Crippen LogP contribution in [0.2, 0.25) is 5.02 Å². The maximum absolute atomic E-state index is 12.8. The SMILES string of the molecule is CCc1ccc([C@H](CN2C(=O)CS[C@@H]2c2cc(Cl)c(OC)c(OC)c2)N(C)C)cc1. The summed E-state index contributed by atoms with van der Waals surface area (Å²) in [6.45, 7) is 2.75. The van der Waals surface area contributed by atoms with Gasteiger partial charge in [0, 0.05) is 6.54 Å². The smallest absolute Gasteiger partial charge is 0.233 e. The van der Waals surface area contributed by atoms with Gasteiger partial charge in [-0.05, 0) is 49.3 Å². The van der Waals surface area contributed by atoms with Crippen molar-refractivity contribution in [2.75, 3.05) is 40.6 Å². The summed E-state index contributed by atoms with van der Waals surface area (Å²) in [6, 6.07) is 12.5. The molecule has 30 heavy (non-hydrogen) atoms. The molecule has 0 aromatic heterocycles. The number of benzene rings is 2. The van der Waals surface area contributed by atoms with Gasteiger partial charge in [0.25, 0.3) is 0 Å². The van der Waals surface area contributed by atoms with E-state index in [9.17, 15) is 4.79 Å². The van der Waals surface area contributed by atoms with E-state index in [-0.39, 0.29) is 17.3 Å². The van der Waals surface area contributed by atoms with Gasteiger partial charge < -0.3 is 19.3 Å². The Morgan fingerprint density at radius 3 is 2.47 bits per heavy atom. The topological polar surface area (TPSA) is 42.0 Å². The molecule has 1 fully saturated rings. The van der Waals surface area contributed by atoms with Crippen LogP contribution in [0.1, 0.15) is 35.0 Å². The van der Waals surface area contributed by atoms with E-state index in [1.807, 2.05) is 31.1 Å². The Hall–Kier alpha value is -1.89. The molecule has 0 radical (unpaired) electrons. The van der Waals surface area contributed by atoms with Crippen molar-refractivity contribution in [3.8, 4) is 11.5 Å². The summed E-state index contributed by atoms with van der Waals surface area (Å²) < 4.78 is 10.8. The van der Waals surface area contributed by atoms with Crippen LogP contribution in [0.3, 0.4) is 0 Å². The van der Waals surface area contributed by atoms with Crippen LogP contribution in [0, 0.1) is 0 Å². The quantitative estimate of drug-likeness (QED) is 0.580. The number of nitrogens with zero attached hydrogens (tertiary/aromatic N) is 2. The molecule has 162 valence electrons. The standard InChI is InChI=1S/C23H29ClN2O3S/c1-6-15-7-9-16(10-8-15)19(25(2)3)13-26-21(27)14-30-23(26)17-11-18(24)22(29-5)20(12-17)28-4/h7-12,19,23H,6,13-14H2,1-5H3/t19-,23+/m0/s1. The molecular weight excluding hydrogens is 420 g/mol. The van der Waals surface area contributed by atoms with Crippen LogP contribution < -0.4 is 9.47 Å². The molecule has 0 saturated carbocycles. The third-order valence-corrected chi connectivity index (χ3v) is 7.01. The molecule has 1 aliphatic heterocycles. The summed E-state index contributed by atoms with van der Waals surface area (Å²) in [5, 5.41) is 0.359. The third kappa shape index (κ3) is 4.71. The Morgan fingerprint density at radius 1 is 1.20 bits per heavy atom. The molecule has 1 aliphatic rings. The van der Waals surface area contributed by atoms with E-state index in [4.69, 9.17) is 21.1 Å². The molecule has 1 saturated heterocycles. The largest absolute Gasteiger partial charge is 0.493 e. The van der Waals surface area contributed by atoms with Gasteiger partial charge in [0.05, 0.1) is 31.0 Å². The number of thioether (sulfide) groups is 1. The molecule has 7 heteroatoms. The molecular formula is C23H29ClN2O3S. The lowest BCUT2D eigenvalue weighted by molar-refractivity contribution is -0.128. The molecule has 2 aromatic rings. The van der Waals surface area contributed by atoms with Crippen LogP contribution in [0.15, 0.2) is 36.4 Å². The molecule has 2 atom stereocenters. The Morgan fingerprint density at radius 2 is 1.90 bits per heavy atom. The van der Waals surface area contributed by atoms with Crippen LogP contribution in [0.25, 0.3) is 0 Å². The molecule has 0 unspecified atom stereocenters. The van der Waals surface area contributed by atoms with Crippen LogP contribution in [-0.2, 0) is 11.2 Å². The number of aryl methyl sites for hydroxylation is 1. The molecule has 1 heterocycles. The first-order valence-corrected chi connectivity index (χ1v) is 11.4. The number of amides is 1. The van der Waals surface area contributed by atoms with Crippen LogP contribution in [0.5, 0.6) is 11.5 Å². The fraction of sp³-hybridized carbons (Fsp3) is 0.435. The van der Waals surface area contributed by atoms with E-state index >= 15 is 0 Å². The number of halogens is 1. The first-order chi connectivity index (χ1) is 14.4. The van der Waals surface area contributed by atoms with Gasteiger partial charge in [-0.2, -0.15) is 0 Å². The molecule has 0 bridgehead atoms. The zero-order valence-corrected chi connectivity index (χ0v) is 19.7. The van der Waals surface area contributed by atoms with Gasteiger partial charge in [-0.15, -0.1) is 11.8 Å². The molecule has 0 N–H and O–H groups in total. The lowest BCUT2D eigenvalue weighted by atomic mass is 10.0. The molecule has 1 amide bonds.